The van der Waals surface area contributed by atoms with Crippen LogP contribution in [0.4, 0.5) is 10.8 Å². The number of carbonyl (C=O) groups excluding carboxylic acids is 1. The summed E-state index contributed by atoms with van der Waals surface area (Å²) in [4.78, 5) is 17.0. The van der Waals surface area contributed by atoms with Crippen LogP contribution in [0.25, 0.3) is 10.4 Å². The molecule has 7 heteroatoms. The van der Waals surface area contributed by atoms with Crippen molar-refractivity contribution in [1.29, 1.82) is 0 Å². The van der Waals surface area contributed by atoms with Crippen LogP contribution in [0, 0.1) is 0 Å². The summed E-state index contributed by atoms with van der Waals surface area (Å²) in [6, 6.07) is 13.7. The number of benzene rings is 2. The molecule has 0 saturated heterocycles. The van der Waals surface area contributed by atoms with Gasteiger partial charge < -0.3 is 16.4 Å². The molecule has 1 aliphatic heterocycles. The molecular weight excluding hydrogens is 380 g/mol. The molecule has 1 aromatic heterocycles. The van der Waals surface area contributed by atoms with Crippen LogP contribution in [-0.2, 0) is 17.6 Å². The molecule has 4 rings (SSSR count). The highest BCUT2D eigenvalue weighted by Gasteiger charge is 2.18. The van der Waals surface area contributed by atoms with Gasteiger partial charge in [0.05, 0.1) is 11.3 Å². The standard InChI is InChI=1S/C20H19ClN4OS/c21-15-4-1-12(2-5-15)7-16(22)10-23-20-24-11-18(27-20)13-3-6-17-14(8-13)9-19(26)25-17/h1-6,8,11,16H,7,9-10,22H2,(H,23,24)(H,25,26)/t16-/m0/s1. The Morgan fingerprint density at radius 2 is 2.07 bits per heavy atom. The van der Waals surface area contributed by atoms with Crippen LogP contribution in [-0.4, -0.2) is 23.5 Å². The molecule has 0 fully saturated rings. The fourth-order valence-corrected chi connectivity index (χ4v) is 4.03. The second-order valence-corrected chi connectivity index (χ2v) is 8.07. The Hall–Kier alpha value is -2.41. The molecule has 1 aliphatic rings. The van der Waals surface area contributed by atoms with E-state index in [2.05, 4.69) is 21.7 Å². The minimum Gasteiger partial charge on any atom is -0.360 e. The monoisotopic (exact) mass is 398 g/mol. The van der Waals surface area contributed by atoms with E-state index >= 15 is 0 Å². The normalized spacial score (nSPS) is 13.9. The van der Waals surface area contributed by atoms with Gasteiger partial charge in [0.2, 0.25) is 5.91 Å². The summed E-state index contributed by atoms with van der Waals surface area (Å²) in [5.74, 6) is 0.0449. The first-order valence-electron chi connectivity index (χ1n) is 8.70. The summed E-state index contributed by atoms with van der Waals surface area (Å²) in [5, 5.41) is 7.74. The lowest BCUT2D eigenvalue weighted by Crippen LogP contribution is -2.31. The highest BCUT2D eigenvalue weighted by Crippen LogP contribution is 2.33. The van der Waals surface area contributed by atoms with Crippen molar-refractivity contribution >= 4 is 39.7 Å². The number of nitrogens with one attached hydrogen (secondary N) is 2. The summed E-state index contributed by atoms with van der Waals surface area (Å²) in [6.45, 7) is 0.637. The number of amides is 1. The minimum atomic E-state index is -0.0180. The van der Waals surface area contributed by atoms with Crippen molar-refractivity contribution in [2.45, 2.75) is 18.9 Å². The van der Waals surface area contributed by atoms with Gasteiger partial charge in [-0.3, -0.25) is 4.79 Å². The molecule has 2 heterocycles. The number of hydrogen-bond acceptors (Lipinski definition) is 5. The fraction of sp³-hybridized carbons (Fsp3) is 0.200. The van der Waals surface area contributed by atoms with Gasteiger partial charge >= 0.3 is 0 Å². The number of nitrogens with two attached hydrogens (primary N) is 1. The van der Waals surface area contributed by atoms with Crippen molar-refractivity contribution in [3.63, 3.8) is 0 Å². The number of hydrogen-bond donors (Lipinski definition) is 3. The predicted octanol–water partition coefficient (Wildman–Crippen LogP) is 3.94. The molecule has 27 heavy (non-hydrogen) atoms. The summed E-state index contributed by atoms with van der Waals surface area (Å²) >= 11 is 7.49. The zero-order valence-corrected chi connectivity index (χ0v) is 16.1. The Morgan fingerprint density at radius 3 is 2.89 bits per heavy atom. The molecule has 5 nitrogen and oxygen atoms in total. The Kier molecular flexibility index (Phi) is 5.11. The summed E-state index contributed by atoms with van der Waals surface area (Å²) < 4.78 is 0. The van der Waals surface area contributed by atoms with Crippen molar-refractivity contribution in [2.24, 2.45) is 5.73 Å². The third-order valence-electron chi connectivity index (χ3n) is 4.45. The highest BCUT2D eigenvalue weighted by molar-refractivity contribution is 7.18. The van der Waals surface area contributed by atoms with Crippen molar-refractivity contribution in [2.75, 3.05) is 17.2 Å². The van der Waals surface area contributed by atoms with Crippen molar-refractivity contribution < 1.29 is 4.79 Å². The summed E-state index contributed by atoms with van der Waals surface area (Å²) in [6.07, 6.45) is 3.06. The van der Waals surface area contributed by atoms with E-state index < -0.39 is 0 Å². The van der Waals surface area contributed by atoms with E-state index in [4.69, 9.17) is 17.3 Å². The van der Waals surface area contributed by atoms with E-state index in [1.165, 1.54) is 0 Å². The van der Waals surface area contributed by atoms with Gasteiger partial charge in [0.1, 0.15) is 0 Å². The van der Waals surface area contributed by atoms with Gasteiger partial charge in [-0.2, -0.15) is 0 Å². The predicted molar refractivity (Wildman–Crippen MR) is 112 cm³/mol. The molecule has 0 saturated carbocycles. The maximum absolute atomic E-state index is 11.5. The SMILES string of the molecule is N[C@H](CNc1ncc(-c2ccc3c(c2)CC(=O)N3)s1)Cc1ccc(Cl)cc1. The van der Waals surface area contributed by atoms with E-state index in [0.29, 0.717) is 13.0 Å². The molecule has 4 N–H and O–H groups in total. The van der Waals surface area contributed by atoms with E-state index in [9.17, 15) is 4.79 Å². The van der Waals surface area contributed by atoms with Crippen LogP contribution >= 0.6 is 22.9 Å². The lowest BCUT2D eigenvalue weighted by molar-refractivity contribution is -0.115. The van der Waals surface area contributed by atoms with Crippen molar-refractivity contribution in [3.8, 4) is 10.4 Å². The molecule has 0 unspecified atom stereocenters. The van der Waals surface area contributed by atoms with Gasteiger partial charge in [0.15, 0.2) is 5.13 Å². The van der Waals surface area contributed by atoms with E-state index in [1.54, 1.807) is 11.3 Å². The number of halogens is 1. The van der Waals surface area contributed by atoms with Gasteiger partial charge in [-0.05, 0) is 47.4 Å². The molecular formula is C20H19ClN4OS. The smallest absolute Gasteiger partial charge is 0.228 e. The highest BCUT2D eigenvalue weighted by atomic mass is 35.5. The molecule has 0 spiro atoms. The van der Waals surface area contributed by atoms with Crippen LogP contribution in [0.5, 0.6) is 0 Å². The van der Waals surface area contributed by atoms with Crippen LogP contribution in [0.2, 0.25) is 5.02 Å². The number of fused-ring (bicyclic) bond motifs is 1. The fourth-order valence-electron chi connectivity index (χ4n) is 3.09. The second kappa shape index (κ2) is 7.68. The summed E-state index contributed by atoms with van der Waals surface area (Å²) in [7, 11) is 0. The molecule has 0 radical (unpaired) electrons. The average Bonchev–Trinajstić information content (AvgIpc) is 3.26. The van der Waals surface area contributed by atoms with Gasteiger partial charge in [-0.1, -0.05) is 41.1 Å². The zero-order valence-electron chi connectivity index (χ0n) is 14.5. The van der Waals surface area contributed by atoms with Gasteiger partial charge in [0.25, 0.3) is 0 Å². The molecule has 3 aromatic rings. The lowest BCUT2D eigenvalue weighted by atomic mass is 10.1. The van der Waals surface area contributed by atoms with Crippen LogP contribution in [0.1, 0.15) is 11.1 Å². The molecule has 138 valence electrons. The Labute approximate surface area is 166 Å². The van der Waals surface area contributed by atoms with E-state index in [-0.39, 0.29) is 11.9 Å². The average molecular weight is 399 g/mol. The molecule has 2 aromatic carbocycles. The van der Waals surface area contributed by atoms with Crippen LogP contribution in [0.15, 0.2) is 48.7 Å². The second-order valence-electron chi connectivity index (χ2n) is 6.60. The first-order valence-corrected chi connectivity index (χ1v) is 9.89. The first-order chi connectivity index (χ1) is 13.1. The zero-order chi connectivity index (χ0) is 18.8. The Morgan fingerprint density at radius 1 is 1.26 bits per heavy atom. The lowest BCUT2D eigenvalue weighted by Gasteiger charge is -2.12. The Bertz CT molecular complexity index is 970. The van der Waals surface area contributed by atoms with Gasteiger partial charge in [0, 0.05) is 29.5 Å². The minimum absolute atomic E-state index is 0.0180. The first kappa shape index (κ1) is 18.0. The molecule has 0 bridgehead atoms. The number of thiazole rings is 1. The number of carbonyl (C=O) groups is 1. The Balaban J connectivity index is 1.36. The molecule has 0 aliphatic carbocycles. The number of nitrogens with zero attached hydrogens (tertiary/aromatic N) is 1. The number of rotatable bonds is 6. The molecule has 1 amide bonds. The van der Waals surface area contributed by atoms with Gasteiger partial charge in [-0.15, -0.1) is 0 Å². The van der Waals surface area contributed by atoms with Gasteiger partial charge in [-0.25, -0.2) is 4.98 Å². The van der Waals surface area contributed by atoms with Crippen molar-refractivity contribution in [3.05, 3.63) is 64.8 Å². The summed E-state index contributed by atoms with van der Waals surface area (Å²) in [5.41, 5.74) is 10.4. The third kappa shape index (κ3) is 4.30. The van der Waals surface area contributed by atoms with Crippen LogP contribution < -0.4 is 16.4 Å². The maximum atomic E-state index is 11.5. The van der Waals surface area contributed by atoms with Crippen LogP contribution in [0.3, 0.4) is 0 Å². The number of aromatic nitrogens is 1. The quantitative estimate of drug-likeness (QED) is 0.587. The van der Waals surface area contributed by atoms with E-state index in [0.717, 1.165) is 43.8 Å². The maximum Gasteiger partial charge on any atom is 0.228 e. The molecule has 1 atom stereocenters. The largest absolute Gasteiger partial charge is 0.360 e. The number of anilines is 2. The topological polar surface area (TPSA) is 80.0 Å². The van der Waals surface area contributed by atoms with E-state index in [1.807, 2.05) is 42.6 Å². The third-order valence-corrected chi connectivity index (χ3v) is 5.70. The van der Waals surface area contributed by atoms with Crippen molar-refractivity contribution in [1.82, 2.24) is 4.98 Å².